The third kappa shape index (κ3) is 7.40. The van der Waals surface area contributed by atoms with Gasteiger partial charge in [0.15, 0.2) is 5.16 Å². The number of likely N-dealkylation sites (N-methyl/N-ethyl adjacent to an activating group) is 1. The van der Waals surface area contributed by atoms with Gasteiger partial charge in [-0.2, -0.15) is 13.2 Å². The van der Waals surface area contributed by atoms with E-state index in [0.717, 1.165) is 16.3 Å². The quantitative estimate of drug-likeness (QED) is 0.666. The van der Waals surface area contributed by atoms with Gasteiger partial charge in [-0.25, -0.2) is 4.98 Å². The van der Waals surface area contributed by atoms with Gasteiger partial charge < -0.3 is 14.8 Å². The van der Waals surface area contributed by atoms with Crippen molar-refractivity contribution >= 4 is 23.6 Å². The number of hydrogen-bond acceptors (Lipinski definition) is 4. The van der Waals surface area contributed by atoms with Crippen molar-refractivity contribution in [3.8, 4) is 11.3 Å². The van der Waals surface area contributed by atoms with Gasteiger partial charge in [-0.05, 0) is 26.3 Å². The van der Waals surface area contributed by atoms with Crippen molar-refractivity contribution in [3.05, 3.63) is 36.5 Å². The molecule has 1 heterocycles. The molecule has 0 bridgehead atoms. The average Bonchev–Trinajstić information content (AvgIpc) is 2.99. The minimum absolute atomic E-state index is 0.0899. The van der Waals surface area contributed by atoms with Crippen molar-refractivity contribution in [1.29, 1.82) is 0 Å². The number of thioether (sulfide) groups is 1. The fourth-order valence-corrected chi connectivity index (χ4v) is 3.56. The van der Waals surface area contributed by atoms with Gasteiger partial charge in [-0.1, -0.05) is 42.1 Å². The lowest BCUT2D eigenvalue weighted by Gasteiger charge is -2.23. The van der Waals surface area contributed by atoms with Crippen molar-refractivity contribution in [1.82, 2.24) is 19.8 Å². The van der Waals surface area contributed by atoms with E-state index in [2.05, 4.69) is 10.3 Å². The number of benzene rings is 1. The Kier molecular flexibility index (Phi) is 7.57. The zero-order valence-electron chi connectivity index (χ0n) is 17.3. The van der Waals surface area contributed by atoms with E-state index in [1.807, 2.05) is 20.8 Å². The van der Waals surface area contributed by atoms with Crippen LogP contribution in [0.3, 0.4) is 0 Å². The zero-order chi connectivity index (χ0) is 22.5. The van der Waals surface area contributed by atoms with E-state index in [0.29, 0.717) is 11.3 Å². The van der Waals surface area contributed by atoms with Crippen molar-refractivity contribution < 1.29 is 22.8 Å². The predicted octanol–water partition coefficient (Wildman–Crippen LogP) is 3.58. The molecule has 0 aliphatic heterocycles. The number of nitrogens with zero attached hydrogens (tertiary/aromatic N) is 3. The van der Waals surface area contributed by atoms with Gasteiger partial charge in [0.05, 0.1) is 24.2 Å². The van der Waals surface area contributed by atoms with Crippen molar-refractivity contribution in [2.75, 3.05) is 19.3 Å². The molecule has 30 heavy (non-hydrogen) atoms. The van der Waals surface area contributed by atoms with Crippen molar-refractivity contribution in [3.63, 3.8) is 0 Å². The van der Waals surface area contributed by atoms with E-state index < -0.39 is 18.3 Å². The second kappa shape index (κ2) is 9.55. The maximum absolute atomic E-state index is 13.1. The van der Waals surface area contributed by atoms with Crippen LogP contribution in [-0.2, 0) is 16.1 Å². The molecule has 2 amide bonds. The highest BCUT2D eigenvalue weighted by molar-refractivity contribution is 7.99. The van der Waals surface area contributed by atoms with Gasteiger partial charge in [0, 0.05) is 12.6 Å². The Bertz CT molecular complexity index is 876. The standard InChI is InChI=1S/C20H25F3N4O2S/c1-19(2,3)25-16(28)11-26(4)17(29)12-30-18-24-10-15(14-8-6-5-7-9-14)27(18)13-20(21,22)23/h5-10H,11-13H2,1-4H3,(H,25,28). The Morgan fingerprint density at radius 1 is 1.17 bits per heavy atom. The summed E-state index contributed by atoms with van der Waals surface area (Å²) in [4.78, 5) is 29.7. The van der Waals surface area contributed by atoms with Crippen LogP contribution in [0.2, 0.25) is 0 Å². The van der Waals surface area contributed by atoms with Crippen LogP contribution in [0.4, 0.5) is 13.2 Å². The van der Waals surface area contributed by atoms with E-state index >= 15 is 0 Å². The van der Waals surface area contributed by atoms with Crippen LogP contribution >= 0.6 is 11.8 Å². The lowest BCUT2D eigenvalue weighted by molar-refractivity contribution is -0.141. The molecule has 0 aliphatic carbocycles. The summed E-state index contributed by atoms with van der Waals surface area (Å²) in [5.74, 6) is -0.831. The second-order valence-corrected chi connectivity index (χ2v) is 8.77. The summed E-state index contributed by atoms with van der Waals surface area (Å²) in [5, 5.41) is 2.84. The van der Waals surface area contributed by atoms with Gasteiger partial charge in [-0.15, -0.1) is 0 Å². The molecule has 6 nitrogen and oxygen atoms in total. The molecule has 164 valence electrons. The summed E-state index contributed by atoms with van der Waals surface area (Å²) >= 11 is 0.909. The third-order valence-corrected chi connectivity index (χ3v) is 4.85. The number of hydrogen-bond donors (Lipinski definition) is 1. The predicted molar refractivity (Wildman–Crippen MR) is 110 cm³/mol. The van der Waals surface area contributed by atoms with Crippen LogP contribution < -0.4 is 5.32 Å². The SMILES string of the molecule is CN(CC(=O)NC(C)(C)C)C(=O)CSc1ncc(-c2ccccc2)n1CC(F)(F)F. The molecule has 0 atom stereocenters. The minimum atomic E-state index is -4.44. The Hall–Kier alpha value is -2.49. The van der Waals surface area contributed by atoms with Gasteiger partial charge in [0.25, 0.3) is 0 Å². The highest BCUT2D eigenvalue weighted by Crippen LogP contribution is 2.30. The molecule has 0 saturated heterocycles. The molecule has 2 rings (SSSR count). The third-order valence-electron chi connectivity index (χ3n) is 3.87. The summed E-state index contributed by atoms with van der Waals surface area (Å²) in [7, 11) is 1.47. The van der Waals surface area contributed by atoms with Crippen LogP contribution in [-0.4, -0.2) is 57.3 Å². The Morgan fingerprint density at radius 2 is 1.80 bits per heavy atom. The molecule has 0 fully saturated rings. The fraction of sp³-hybridized carbons (Fsp3) is 0.450. The molecule has 10 heteroatoms. The number of carbonyl (C=O) groups is 2. The maximum Gasteiger partial charge on any atom is 0.406 e. The number of nitrogens with one attached hydrogen (secondary N) is 1. The number of carbonyl (C=O) groups excluding carboxylic acids is 2. The summed E-state index contributed by atoms with van der Waals surface area (Å²) < 4.78 is 40.4. The van der Waals surface area contributed by atoms with Crippen LogP contribution in [0.1, 0.15) is 20.8 Å². The molecule has 2 aromatic rings. The minimum Gasteiger partial charge on any atom is -0.350 e. The van der Waals surface area contributed by atoms with E-state index in [-0.39, 0.29) is 29.3 Å². The molecular weight excluding hydrogens is 417 g/mol. The smallest absolute Gasteiger partial charge is 0.350 e. The van der Waals surface area contributed by atoms with Crippen molar-refractivity contribution in [2.24, 2.45) is 0 Å². The summed E-state index contributed by atoms with van der Waals surface area (Å²) in [6.07, 6.45) is -3.07. The van der Waals surface area contributed by atoms with Crippen LogP contribution in [0, 0.1) is 0 Å². The van der Waals surface area contributed by atoms with Gasteiger partial charge in [0.2, 0.25) is 11.8 Å². The molecule has 1 aromatic carbocycles. The number of alkyl halides is 3. The van der Waals surface area contributed by atoms with Crippen LogP contribution in [0.5, 0.6) is 0 Å². The topological polar surface area (TPSA) is 67.2 Å². The second-order valence-electron chi connectivity index (χ2n) is 7.83. The maximum atomic E-state index is 13.1. The van der Waals surface area contributed by atoms with E-state index in [1.165, 1.54) is 18.1 Å². The average molecular weight is 443 g/mol. The Labute approximate surface area is 177 Å². The van der Waals surface area contributed by atoms with E-state index in [9.17, 15) is 22.8 Å². The molecule has 0 spiro atoms. The fourth-order valence-electron chi connectivity index (χ4n) is 2.64. The number of aromatic nitrogens is 2. The van der Waals surface area contributed by atoms with Gasteiger partial charge in [0.1, 0.15) is 6.54 Å². The first kappa shape index (κ1) is 23.8. The highest BCUT2D eigenvalue weighted by atomic mass is 32.2. The summed E-state index contributed by atoms with van der Waals surface area (Å²) in [6, 6.07) is 8.63. The first-order valence-electron chi connectivity index (χ1n) is 9.21. The van der Waals surface area contributed by atoms with E-state index in [4.69, 9.17) is 0 Å². The molecule has 0 saturated carbocycles. The molecule has 1 N–H and O–H groups in total. The first-order chi connectivity index (χ1) is 13.9. The molecule has 0 unspecified atom stereocenters. The van der Waals surface area contributed by atoms with E-state index in [1.54, 1.807) is 30.3 Å². The Balaban J connectivity index is 2.10. The molecule has 1 aromatic heterocycles. The number of rotatable bonds is 7. The molecule has 0 aliphatic rings. The van der Waals surface area contributed by atoms with Gasteiger partial charge in [-0.3, -0.25) is 9.59 Å². The van der Waals surface area contributed by atoms with Crippen LogP contribution in [0.25, 0.3) is 11.3 Å². The lowest BCUT2D eigenvalue weighted by atomic mass is 10.1. The summed E-state index contributed by atoms with van der Waals surface area (Å²) in [5.41, 5.74) is 0.496. The number of amides is 2. The zero-order valence-corrected chi connectivity index (χ0v) is 18.1. The number of imidazole rings is 1. The Morgan fingerprint density at radius 3 is 2.37 bits per heavy atom. The monoisotopic (exact) mass is 442 g/mol. The number of halogens is 3. The van der Waals surface area contributed by atoms with Crippen molar-refractivity contribution in [2.45, 2.75) is 44.2 Å². The molecular formula is C20H25F3N4O2S. The molecule has 0 radical (unpaired) electrons. The van der Waals surface area contributed by atoms with Crippen LogP contribution in [0.15, 0.2) is 41.7 Å². The normalized spacial score (nSPS) is 12.0. The lowest BCUT2D eigenvalue weighted by Crippen LogP contribution is -2.46. The largest absolute Gasteiger partial charge is 0.406 e. The van der Waals surface area contributed by atoms with Gasteiger partial charge >= 0.3 is 6.18 Å². The summed E-state index contributed by atoms with van der Waals surface area (Å²) in [6.45, 7) is 4.13. The first-order valence-corrected chi connectivity index (χ1v) is 10.2. The highest BCUT2D eigenvalue weighted by Gasteiger charge is 2.31.